The Kier molecular flexibility index (Phi) is 4.69. The van der Waals surface area contributed by atoms with Crippen LogP contribution in [0, 0.1) is 11.2 Å². The third kappa shape index (κ3) is 3.66. The molecule has 0 unspecified atom stereocenters. The van der Waals surface area contributed by atoms with Gasteiger partial charge in [-0.3, -0.25) is 9.59 Å². The minimum atomic E-state index is -0.308. The van der Waals surface area contributed by atoms with Crippen LogP contribution in [0.4, 0.5) is 4.39 Å². The molecule has 0 saturated carbocycles. The first-order valence-corrected chi connectivity index (χ1v) is 9.72. The van der Waals surface area contributed by atoms with E-state index < -0.39 is 0 Å². The predicted molar refractivity (Wildman–Crippen MR) is 102 cm³/mol. The SMILES string of the molecule is CC1(C)Cc2c(cnn2-c2cccc(F)c2)[C@@H](NC(=O)CN2CCCC2=O)C1. The largest absolute Gasteiger partial charge is 0.348 e. The number of hydrogen-bond donors (Lipinski definition) is 1. The summed E-state index contributed by atoms with van der Waals surface area (Å²) in [6.07, 6.45) is 4.67. The molecule has 148 valence electrons. The second kappa shape index (κ2) is 7.04. The lowest BCUT2D eigenvalue weighted by Crippen LogP contribution is -2.42. The van der Waals surface area contributed by atoms with Gasteiger partial charge < -0.3 is 10.2 Å². The average Bonchev–Trinajstić information content (AvgIpc) is 3.20. The van der Waals surface area contributed by atoms with Crippen molar-refractivity contribution in [2.24, 2.45) is 5.41 Å². The van der Waals surface area contributed by atoms with Crippen LogP contribution in [0.15, 0.2) is 30.5 Å². The summed E-state index contributed by atoms with van der Waals surface area (Å²) in [4.78, 5) is 26.0. The maximum Gasteiger partial charge on any atom is 0.240 e. The summed E-state index contributed by atoms with van der Waals surface area (Å²) in [5, 5.41) is 7.58. The van der Waals surface area contributed by atoms with Gasteiger partial charge >= 0.3 is 0 Å². The van der Waals surface area contributed by atoms with Gasteiger partial charge in [-0.05, 0) is 42.9 Å². The number of aromatic nitrogens is 2. The van der Waals surface area contributed by atoms with Gasteiger partial charge in [-0.2, -0.15) is 5.10 Å². The fourth-order valence-electron chi connectivity index (χ4n) is 4.29. The molecule has 4 rings (SSSR count). The molecule has 1 aliphatic carbocycles. The molecule has 2 heterocycles. The van der Waals surface area contributed by atoms with Crippen LogP contribution in [0.1, 0.15) is 50.4 Å². The maximum absolute atomic E-state index is 13.7. The van der Waals surface area contributed by atoms with E-state index in [2.05, 4.69) is 24.3 Å². The number of likely N-dealkylation sites (tertiary alicyclic amines) is 1. The van der Waals surface area contributed by atoms with Gasteiger partial charge in [0.15, 0.2) is 0 Å². The highest BCUT2D eigenvalue weighted by atomic mass is 19.1. The minimum Gasteiger partial charge on any atom is -0.348 e. The van der Waals surface area contributed by atoms with Gasteiger partial charge in [-0.1, -0.05) is 19.9 Å². The van der Waals surface area contributed by atoms with E-state index in [0.29, 0.717) is 18.7 Å². The highest BCUT2D eigenvalue weighted by molar-refractivity contribution is 5.86. The molecule has 1 fully saturated rings. The van der Waals surface area contributed by atoms with Crippen molar-refractivity contribution in [3.05, 3.63) is 47.5 Å². The molecule has 6 nitrogen and oxygen atoms in total. The van der Waals surface area contributed by atoms with Gasteiger partial charge in [0.25, 0.3) is 0 Å². The van der Waals surface area contributed by atoms with E-state index >= 15 is 0 Å². The van der Waals surface area contributed by atoms with Crippen LogP contribution < -0.4 is 5.32 Å². The maximum atomic E-state index is 13.7. The number of amides is 2. The molecular weight excluding hydrogens is 359 g/mol. The summed E-state index contributed by atoms with van der Waals surface area (Å²) in [6.45, 7) is 5.05. The fraction of sp³-hybridized carbons (Fsp3) is 0.476. The zero-order valence-corrected chi connectivity index (χ0v) is 16.2. The van der Waals surface area contributed by atoms with Crippen LogP contribution in [0.25, 0.3) is 5.69 Å². The van der Waals surface area contributed by atoms with Gasteiger partial charge in [-0.25, -0.2) is 9.07 Å². The molecule has 1 atom stereocenters. The van der Waals surface area contributed by atoms with Crippen LogP contribution >= 0.6 is 0 Å². The van der Waals surface area contributed by atoms with E-state index in [0.717, 1.165) is 30.5 Å². The first-order chi connectivity index (χ1) is 13.3. The molecule has 28 heavy (non-hydrogen) atoms. The summed E-state index contributed by atoms with van der Waals surface area (Å²) in [5.41, 5.74) is 2.58. The van der Waals surface area contributed by atoms with E-state index in [1.54, 1.807) is 21.8 Å². The number of halogens is 1. The Bertz CT molecular complexity index is 921. The van der Waals surface area contributed by atoms with Crippen LogP contribution in [0.3, 0.4) is 0 Å². The van der Waals surface area contributed by atoms with E-state index in [-0.39, 0.29) is 35.6 Å². The van der Waals surface area contributed by atoms with Crippen molar-refractivity contribution >= 4 is 11.8 Å². The van der Waals surface area contributed by atoms with Gasteiger partial charge in [-0.15, -0.1) is 0 Å². The smallest absolute Gasteiger partial charge is 0.240 e. The molecule has 2 aliphatic rings. The molecule has 7 heteroatoms. The van der Waals surface area contributed by atoms with Crippen molar-refractivity contribution in [1.29, 1.82) is 0 Å². The van der Waals surface area contributed by atoms with Crippen molar-refractivity contribution in [2.75, 3.05) is 13.1 Å². The second-order valence-corrected chi connectivity index (χ2v) is 8.52. The highest BCUT2D eigenvalue weighted by Gasteiger charge is 2.36. The van der Waals surface area contributed by atoms with Crippen molar-refractivity contribution in [2.45, 2.75) is 45.6 Å². The molecule has 2 aromatic rings. The number of carbonyl (C=O) groups is 2. The standard InChI is InChI=1S/C21H25FN4O2/c1-21(2)10-17(24-19(27)13-25-8-4-7-20(25)28)16-12-23-26(18(16)11-21)15-6-3-5-14(22)9-15/h3,5-6,9,12,17H,4,7-8,10-11,13H2,1-2H3,(H,24,27)/t17-/m0/s1. The zero-order valence-electron chi connectivity index (χ0n) is 16.2. The summed E-state index contributed by atoms with van der Waals surface area (Å²) >= 11 is 0. The number of nitrogens with zero attached hydrogens (tertiary/aromatic N) is 3. The predicted octanol–water partition coefficient (Wildman–Crippen LogP) is 2.76. The van der Waals surface area contributed by atoms with Crippen molar-refractivity contribution < 1.29 is 14.0 Å². The average molecular weight is 384 g/mol. The molecule has 0 radical (unpaired) electrons. The van der Waals surface area contributed by atoms with E-state index in [1.165, 1.54) is 12.1 Å². The third-order valence-electron chi connectivity index (χ3n) is 5.57. The normalized spacial score (nSPS) is 20.9. The van der Waals surface area contributed by atoms with E-state index in [9.17, 15) is 14.0 Å². The molecule has 0 spiro atoms. The monoisotopic (exact) mass is 384 g/mol. The van der Waals surface area contributed by atoms with Crippen molar-refractivity contribution in [3.8, 4) is 5.69 Å². The third-order valence-corrected chi connectivity index (χ3v) is 5.57. The Hall–Kier alpha value is -2.70. The summed E-state index contributed by atoms with van der Waals surface area (Å²) in [6, 6.07) is 6.18. The number of rotatable bonds is 4. The quantitative estimate of drug-likeness (QED) is 0.881. The van der Waals surface area contributed by atoms with Crippen LogP contribution in [0.5, 0.6) is 0 Å². The van der Waals surface area contributed by atoms with Gasteiger partial charge in [0, 0.05) is 18.5 Å². The van der Waals surface area contributed by atoms with Crippen LogP contribution in [-0.4, -0.2) is 39.6 Å². The molecule has 0 bridgehead atoms. The Morgan fingerprint density at radius 2 is 2.21 bits per heavy atom. The zero-order chi connectivity index (χ0) is 19.9. The number of hydrogen-bond acceptors (Lipinski definition) is 3. The number of fused-ring (bicyclic) bond motifs is 1. The summed E-state index contributed by atoms with van der Waals surface area (Å²) in [5.74, 6) is -0.418. The first kappa shape index (κ1) is 18.7. The molecular formula is C21H25FN4O2. The lowest BCUT2D eigenvalue weighted by atomic mass is 9.74. The number of nitrogens with one attached hydrogen (secondary N) is 1. The Labute approximate surface area is 163 Å². The van der Waals surface area contributed by atoms with Crippen LogP contribution in [-0.2, 0) is 16.0 Å². The number of benzene rings is 1. The molecule has 2 amide bonds. The highest BCUT2D eigenvalue weighted by Crippen LogP contribution is 2.41. The van der Waals surface area contributed by atoms with E-state index in [1.807, 2.05) is 6.07 Å². The lowest BCUT2D eigenvalue weighted by molar-refractivity contribution is -0.133. The number of carbonyl (C=O) groups excluding carboxylic acids is 2. The van der Waals surface area contributed by atoms with E-state index in [4.69, 9.17) is 0 Å². The molecule has 1 aliphatic heterocycles. The van der Waals surface area contributed by atoms with Gasteiger partial charge in [0.05, 0.1) is 30.2 Å². The molecule has 1 aromatic heterocycles. The summed E-state index contributed by atoms with van der Waals surface area (Å²) < 4.78 is 15.5. The summed E-state index contributed by atoms with van der Waals surface area (Å²) in [7, 11) is 0. The molecule has 1 aromatic carbocycles. The Morgan fingerprint density at radius 1 is 1.39 bits per heavy atom. The van der Waals surface area contributed by atoms with Crippen molar-refractivity contribution in [3.63, 3.8) is 0 Å². The molecule has 1 saturated heterocycles. The van der Waals surface area contributed by atoms with Gasteiger partial charge in [0.1, 0.15) is 5.82 Å². The van der Waals surface area contributed by atoms with Crippen LogP contribution in [0.2, 0.25) is 0 Å². The Morgan fingerprint density at radius 3 is 2.93 bits per heavy atom. The first-order valence-electron chi connectivity index (χ1n) is 9.72. The second-order valence-electron chi connectivity index (χ2n) is 8.52. The van der Waals surface area contributed by atoms with Gasteiger partial charge in [0.2, 0.25) is 11.8 Å². The Balaban J connectivity index is 1.59. The fourth-order valence-corrected chi connectivity index (χ4v) is 4.29. The van der Waals surface area contributed by atoms with Crippen molar-refractivity contribution in [1.82, 2.24) is 20.0 Å². The minimum absolute atomic E-state index is 0.0405. The lowest BCUT2D eigenvalue weighted by Gasteiger charge is -2.36. The topological polar surface area (TPSA) is 67.2 Å². The molecule has 1 N–H and O–H groups in total.